The Balaban J connectivity index is 0.00000324. The summed E-state index contributed by atoms with van der Waals surface area (Å²) in [6.07, 6.45) is 0. The minimum absolute atomic E-state index is 0. The average molecular weight is 387 g/mol. The summed E-state index contributed by atoms with van der Waals surface area (Å²) in [4.78, 5) is 3.76. The summed E-state index contributed by atoms with van der Waals surface area (Å²) in [7, 11) is 0. The van der Waals surface area contributed by atoms with Gasteiger partial charge in [0.25, 0.3) is 0 Å². The maximum Gasteiger partial charge on any atom is 0.387 e. The molecule has 1 aromatic carbocycles. The van der Waals surface area contributed by atoms with E-state index in [0.29, 0.717) is 12.2 Å². The number of aliphatic imine (C=N–C) groups is 1. The fourth-order valence-electron chi connectivity index (χ4n) is 1.35. The lowest BCUT2D eigenvalue weighted by molar-refractivity contribution is -0.0520. The SMILES string of the molecule is CCOc1cccc(CN=C(N)N)c1OC(F)F.I. The van der Waals surface area contributed by atoms with Gasteiger partial charge < -0.3 is 20.9 Å². The van der Waals surface area contributed by atoms with Crippen LogP contribution in [-0.4, -0.2) is 19.2 Å². The minimum Gasteiger partial charge on any atom is -0.490 e. The average Bonchev–Trinajstić information content (AvgIpc) is 2.29. The molecule has 0 radical (unpaired) electrons. The maximum absolute atomic E-state index is 12.4. The number of nitrogens with zero attached hydrogens (tertiary/aromatic N) is 1. The Morgan fingerprint density at radius 3 is 2.58 bits per heavy atom. The number of alkyl halides is 2. The molecule has 0 aliphatic carbocycles. The van der Waals surface area contributed by atoms with Crippen molar-refractivity contribution in [2.24, 2.45) is 16.5 Å². The molecule has 0 bridgehead atoms. The summed E-state index contributed by atoms with van der Waals surface area (Å²) in [5, 5.41) is 0. The van der Waals surface area contributed by atoms with Crippen LogP contribution in [0.4, 0.5) is 8.78 Å². The van der Waals surface area contributed by atoms with E-state index < -0.39 is 6.61 Å². The van der Waals surface area contributed by atoms with Crippen molar-refractivity contribution in [2.45, 2.75) is 20.1 Å². The second kappa shape index (κ2) is 8.73. The summed E-state index contributed by atoms with van der Waals surface area (Å²) >= 11 is 0. The van der Waals surface area contributed by atoms with E-state index in [1.54, 1.807) is 25.1 Å². The molecule has 0 heterocycles. The van der Waals surface area contributed by atoms with Crippen LogP contribution < -0.4 is 20.9 Å². The second-order valence-corrected chi connectivity index (χ2v) is 3.30. The van der Waals surface area contributed by atoms with Gasteiger partial charge in [0.1, 0.15) is 0 Å². The van der Waals surface area contributed by atoms with Crippen molar-refractivity contribution in [3.63, 3.8) is 0 Å². The van der Waals surface area contributed by atoms with E-state index in [2.05, 4.69) is 9.73 Å². The van der Waals surface area contributed by atoms with Crippen molar-refractivity contribution in [2.75, 3.05) is 6.61 Å². The van der Waals surface area contributed by atoms with Gasteiger partial charge >= 0.3 is 6.61 Å². The zero-order chi connectivity index (χ0) is 13.5. The number of halogens is 3. The number of nitrogens with two attached hydrogens (primary N) is 2. The fourth-order valence-corrected chi connectivity index (χ4v) is 1.35. The van der Waals surface area contributed by atoms with Crippen molar-refractivity contribution in [3.05, 3.63) is 23.8 Å². The molecule has 0 aliphatic rings. The third kappa shape index (κ3) is 5.90. The molecule has 0 atom stereocenters. The van der Waals surface area contributed by atoms with Crippen molar-refractivity contribution >= 4 is 29.9 Å². The molecule has 0 saturated heterocycles. The van der Waals surface area contributed by atoms with Crippen molar-refractivity contribution in [1.82, 2.24) is 0 Å². The number of benzene rings is 1. The molecule has 0 aliphatic heterocycles. The molecule has 0 unspecified atom stereocenters. The minimum atomic E-state index is -2.94. The molecule has 0 aromatic heterocycles. The number of hydrogen-bond donors (Lipinski definition) is 2. The Morgan fingerprint density at radius 1 is 1.37 bits per heavy atom. The number of guanidine groups is 1. The Bertz CT molecular complexity index is 426. The monoisotopic (exact) mass is 387 g/mol. The second-order valence-electron chi connectivity index (χ2n) is 3.30. The quantitative estimate of drug-likeness (QED) is 0.445. The normalized spacial score (nSPS) is 9.68. The van der Waals surface area contributed by atoms with Crippen molar-refractivity contribution < 1.29 is 18.3 Å². The summed E-state index contributed by atoms with van der Waals surface area (Å²) in [6.45, 7) is -0.810. The fraction of sp³-hybridized carbons (Fsp3) is 0.364. The van der Waals surface area contributed by atoms with Crippen LogP contribution in [0.2, 0.25) is 0 Å². The van der Waals surface area contributed by atoms with E-state index in [4.69, 9.17) is 16.2 Å². The highest BCUT2D eigenvalue weighted by atomic mass is 127. The van der Waals surface area contributed by atoms with Gasteiger partial charge in [-0.3, -0.25) is 0 Å². The van der Waals surface area contributed by atoms with E-state index in [0.717, 1.165) is 0 Å². The molecule has 108 valence electrons. The predicted molar refractivity (Wildman–Crippen MR) is 79.2 cm³/mol. The molecule has 5 nitrogen and oxygen atoms in total. The summed E-state index contributed by atoms with van der Waals surface area (Å²) in [6, 6.07) is 4.79. The van der Waals surface area contributed by atoms with E-state index in [1.807, 2.05) is 0 Å². The Labute approximate surface area is 127 Å². The first-order valence-corrected chi connectivity index (χ1v) is 5.29. The lowest BCUT2D eigenvalue weighted by atomic mass is 10.2. The van der Waals surface area contributed by atoms with Gasteiger partial charge in [0.15, 0.2) is 17.5 Å². The molecule has 0 amide bonds. The number of rotatable bonds is 6. The van der Waals surface area contributed by atoms with E-state index in [-0.39, 0.29) is 48.0 Å². The van der Waals surface area contributed by atoms with Gasteiger partial charge in [0, 0.05) is 5.56 Å². The van der Waals surface area contributed by atoms with E-state index >= 15 is 0 Å². The molecule has 1 aromatic rings. The highest BCUT2D eigenvalue weighted by molar-refractivity contribution is 14.0. The molecular weight excluding hydrogens is 371 g/mol. The molecule has 0 spiro atoms. The van der Waals surface area contributed by atoms with Crippen molar-refractivity contribution in [3.8, 4) is 11.5 Å². The van der Waals surface area contributed by atoms with Gasteiger partial charge in [-0.25, -0.2) is 4.99 Å². The Morgan fingerprint density at radius 2 is 2.05 bits per heavy atom. The standard InChI is InChI=1S/C11H15F2N3O2.HI/c1-2-17-8-5-3-4-7(6-16-11(14)15)9(8)18-10(12)13;/h3-5,10H,2,6H2,1H3,(H4,14,15,16);1H. The van der Waals surface area contributed by atoms with Gasteiger partial charge in [0.05, 0.1) is 13.2 Å². The maximum atomic E-state index is 12.4. The smallest absolute Gasteiger partial charge is 0.387 e. The molecular formula is C11H16F2IN3O2. The highest BCUT2D eigenvalue weighted by Gasteiger charge is 2.15. The van der Waals surface area contributed by atoms with Crippen LogP contribution in [-0.2, 0) is 6.54 Å². The van der Waals surface area contributed by atoms with Crippen LogP contribution in [0, 0.1) is 0 Å². The van der Waals surface area contributed by atoms with Crippen LogP contribution in [0.15, 0.2) is 23.2 Å². The lowest BCUT2D eigenvalue weighted by Crippen LogP contribution is -2.22. The summed E-state index contributed by atoms with van der Waals surface area (Å²) in [5.74, 6) is 0.0697. The molecule has 0 fully saturated rings. The predicted octanol–water partition coefficient (Wildman–Crippen LogP) is 2.08. The van der Waals surface area contributed by atoms with Crippen LogP contribution in [0.1, 0.15) is 12.5 Å². The first-order chi connectivity index (χ1) is 8.54. The first-order valence-electron chi connectivity index (χ1n) is 5.29. The molecule has 0 saturated carbocycles. The lowest BCUT2D eigenvalue weighted by Gasteiger charge is -2.14. The number of para-hydroxylation sites is 1. The van der Waals surface area contributed by atoms with E-state index in [1.165, 1.54) is 0 Å². The van der Waals surface area contributed by atoms with Crippen molar-refractivity contribution in [1.29, 1.82) is 0 Å². The van der Waals surface area contributed by atoms with Crippen LogP contribution in [0.3, 0.4) is 0 Å². The molecule has 19 heavy (non-hydrogen) atoms. The van der Waals surface area contributed by atoms with Crippen LogP contribution in [0.25, 0.3) is 0 Å². The largest absolute Gasteiger partial charge is 0.490 e. The third-order valence-electron chi connectivity index (χ3n) is 2.00. The summed E-state index contributed by atoms with van der Waals surface area (Å²) in [5.41, 5.74) is 10.8. The molecule has 4 N–H and O–H groups in total. The van der Waals surface area contributed by atoms with E-state index in [9.17, 15) is 8.78 Å². The number of ether oxygens (including phenoxy) is 2. The van der Waals surface area contributed by atoms with Gasteiger partial charge in [0.2, 0.25) is 0 Å². The first kappa shape index (κ1) is 17.7. The van der Waals surface area contributed by atoms with Gasteiger partial charge in [-0.15, -0.1) is 24.0 Å². The Kier molecular flexibility index (Phi) is 8.12. The highest BCUT2D eigenvalue weighted by Crippen LogP contribution is 2.33. The Hall–Kier alpha value is -1.32. The topological polar surface area (TPSA) is 82.9 Å². The zero-order valence-corrected chi connectivity index (χ0v) is 12.6. The van der Waals surface area contributed by atoms with Gasteiger partial charge in [-0.2, -0.15) is 8.78 Å². The zero-order valence-electron chi connectivity index (χ0n) is 10.3. The molecule has 1 rings (SSSR count). The van der Waals surface area contributed by atoms with Gasteiger partial charge in [-0.05, 0) is 13.0 Å². The van der Waals surface area contributed by atoms with Crippen LogP contribution in [0.5, 0.6) is 11.5 Å². The number of hydrogen-bond acceptors (Lipinski definition) is 3. The van der Waals surface area contributed by atoms with Crippen LogP contribution >= 0.6 is 24.0 Å². The molecule has 8 heteroatoms. The third-order valence-corrected chi connectivity index (χ3v) is 2.00. The summed E-state index contributed by atoms with van der Waals surface area (Å²) < 4.78 is 34.4. The van der Waals surface area contributed by atoms with Gasteiger partial charge in [-0.1, -0.05) is 12.1 Å².